The molecule has 0 aromatic heterocycles. The predicted octanol–water partition coefficient (Wildman–Crippen LogP) is 1.58. The SMILES string of the molecule is Nc1ccccc1C(=O)OCl. The number of nitrogen functional groups attached to an aromatic ring is 1. The Kier molecular flexibility index (Phi) is 2.33. The second kappa shape index (κ2) is 3.25. The summed E-state index contributed by atoms with van der Waals surface area (Å²) in [5, 5.41) is 0. The van der Waals surface area contributed by atoms with Gasteiger partial charge in [0.05, 0.1) is 5.56 Å². The quantitative estimate of drug-likeness (QED) is 0.653. The molecule has 0 aliphatic rings. The fourth-order valence-corrected chi connectivity index (χ4v) is 0.808. The zero-order valence-electron chi connectivity index (χ0n) is 5.58. The summed E-state index contributed by atoms with van der Waals surface area (Å²) in [6.07, 6.45) is 0. The van der Waals surface area contributed by atoms with Crippen molar-refractivity contribution < 1.29 is 9.08 Å². The number of halogens is 1. The zero-order chi connectivity index (χ0) is 8.27. The fourth-order valence-electron chi connectivity index (χ4n) is 0.724. The molecule has 0 aliphatic carbocycles. The lowest BCUT2D eigenvalue weighted by atomic mass is 10.2. The topological polar surface area (TPSA) is 52.3 Å². The van der Waals surface area contributed by atoms with Crippen LogP contribution >= 0.6 is 11.9 Å². The van der Waals surface area contributed by atoms with Gasteiger partial charge in [-0.25, -0.2) is 4.79 Å². The largest absolute Gasteiger partial charge is 0.398 e. The minimum absolute atomic E-state index is 0.280. The van der Waals surface area contributed by atoms with E-state index in [-0.39, 0.29) is 5.56 Å². The van der Waals surface area contributed by atoms with E-state index in [1.54, 1.807) is 24.3 Å². The highest BCUT2D eigenvalue weighted by atomic mass is 35.5. The molecule has 0 saturated heterocycles. The second-order valence-corrected chi connectivity index (χ2v) is 2.11. The van der Waals surface area contributed by atoms with E-state index in [4.69, 9.17) is 17.6 Å². The molecule has 0 atom stereocenters. The van der Waals surface area contributed by atoms with Gasteiger partial charge in [-0.2, -0.15) is 0 Å². The summed E-state index contributed by atoms with van der Waals surface area (Å²) in [6.45, 7) is 0. The highest BCUT2D eigenvalue weighted by Gasteiger charge is 2.08. The molecule has 2 N–H and O–H groups in total. The molecule has 0 spiro atoms. The molecule has 1 aromatic carbocycles. The highest BCUT2D eigenvalue weighted by Crippen LogP contribution is 2.11. The molecule has 0 amide bonds. The Balaban J connectivity index is 3.03. The molecule has 0 fully saturated rings. The summed E-state index contributed by atoms with van der Waals surface area (Å²) >= 11 is 4.85. The standard InChI is InChI=1S/C7H6ClNO2/c8-11-7(10)5-3-1-2-4-6(5)9/h1-4H,9H2. The Morgan fingerprint density at radius 3 is 2.64 bits per heavy atom. The molecule has 11 heavy (non-hydrogen) atoms. The first-order valence-electron chi connectivity index (χ1n) is 2.93. The molecule has 58 valence electrons. The Morgan fingerprint density at radius 1 is 1.45 bits per heavy atom. The number of rotatable bonds is 1. The molecule has 0 heterocycles. The minimum Gasteiger partial charge on any atom is -0.398 e. The van der Waals surface area contributed by atoms with Crippen molar-refractivity contribution in [2.24, 2.45) is 0 Å². The lowest BCUT2D eigenvalue weighted by Crippen LogP contribution is -2.02. The third-order valence-electron chi connectivity index (χ3n) is 1.25. The van der Waals surface area contributed by atoms with Gasteiger partial charge in [0, 0.05) is 5.69 Å². The molecule has 3 nitrogen and oxygen atoms in total. The van der Waals surface area contributed by atoms with Crippen molar-refractivity contribution >= 4 is 23.5 Å². The van der Waals surface area contributed by atoms with Gasteiger partial charge in [-0.1, -0.05) is 12.1 Å². The van der Waals surface area contributed by atoms with Gasteiger partial charge in [-0.15, -0.1) is 0 Å². The van der Waals surface area contributed by atoms with Crippen LogP contribution < -0.4 is 5.73 Å². The van der Waals surface area contributed by atoms with Gasteiger partial charge in [-0.3, -0.25) is 0 Å². The second-order valence-electron chi connectivity index (χ2n) is 1.95. The monoisotopic (exact) mass is 171 g/mol. The number of carbonyl (C=O) groups excluding carboxylic acids is 1. The van der Waals surface area contributed by atoms with Crippen LogP contribution in [0.25, 0.3) is 0 Å². The number of anilines is 1. The van der Waals surface area contributed by atoms with E-state index in [1.165, 1.54) is 0 Å². The van der Waals surface area contributed by atoms with Crippen LogP contribution in [-0.2, 0) is 4.29 Å². The van der Waals surface area contributed by atoms with E-state index in [0.29, 0.717) is 5.69 Å². The van der Waals surface area contributed by atoms with E-state index in [9.17, 15) is 4.79 Å². The van der Waals surface area contributed by atoms with Crippen molar-refractivity contribution in [3.63, 3.8) is 0 Å². The van der Waals surface area contributed by atoms with Crippen molar-refractivity contribution in [2.75, 3.05) is 5.73 Å². The van der Waals surface area contributed by atoms with E-state index in [1.807, 2.05) is 0 Å². The number of nitrogens with two attached hydrogens (primary N) is 1. The number of hydrogen-bond donors (Lipinski definition) is 1. The van der Waals surface area contributed by atoms with Crippen LogP contribution in [-0.4, -0.2) is 5.97 Å². The lowest BCUT2D eigenvalue weighted by Gasteiger charge is -1.98. The highest BCUT2D eigenvalue weighted by molar-refractivity contribution is 6.16. The minimum atomic E-state index is -0.634. The average Bonchev–Trinajstić information content (AvgIpc) is 2.04. The van der Waals surface area contributed by atoms with Crippen LogP contribution in [0.2, 0.25) is 0 Å². The Hall–Kier alpha value is -1.22. The molecule has 4 heteroatoms. The lowest BCUT2D eigenvalue weighted by molar-refractivity contribution is 0.0752. The summed E-state index contributed by atoms with van der Waals surface area (Å²) in [7, 11) is 0. The molecule has 0 unspecified atom stereocenters. The molecular formula is C7H6ClNO2. The summed E-state index contributed by atoms with van der Waals surface area (Å²) in [6, 6.07) is 6.54. The maximum atomic E-state index is 10.8. The van der Waals surface area contributed by atoms with Crippen molar-refractivity contribution in [3.05, 3.63) is 29.8 Å². The van der Waals surface area contributed by atoms with Crippen molar-refractivity contribution in [2.45, 2.75) is 0 Å². The van der Waals surface area contributed by atoms with Crippen LogP contribution in [0, 0.1) is 0 Å². The summed E-state index contributed by atoms with van der Waals surface area (Å²) in [5.74, 6) is -0.634. The van der Waals surface area contributed by atoms with Gasteiger partial charge >= 0.3 is 5.97 Å². The third-order valence-corrected chi connectivity index (χ3v) is 1.39. The van der Waals surface area contributed by atoms with Crippen LogP contribution in [0.1, 0.15) is 10.4 Å². The van der Waals surface area contributed by atoms with Crippen LogP contribution in [0.15, 0.2) is 24.3 Å². The van der Waals surface area contributed by atoms with Crippen molar-refractivity contribution in [1.29, 1.82) is 0 Å². The van der Waals surface area contributed by atoms with Gasteiger partial charge < -0.3 is 10.0 Å². The number of para-hydroxylation sites is 1. The summed E-state index contributed by atoms with van der Waals surface area (Å²) < 4.78 is 3.97. The molecule has 1 aromatic rings. The van der Waals surface area contributed by atoms with Crippen LogP contribution in [0.5, 0.6) is 0 Å². The first-order valence-corrected chi connectivity index (χ1v) is 3.24. The number of hydrogen-bond acceptors (Lipinski definition) is 3. The van der Waals surface area contributed by atoms with Gasteiger partial charge in [0.25, 0.3) is 0 Å². The number of benzene rings is 1. The third kappa shape index (κ3) is 1.62. The molecule has 0 bridgehead atoms. The van der Waals surface area contributed by atoms with E-state index < -0.39 is 5.97 Å². The summed E-state index contributed by atoms with van der Waals surface area (Å²) in [5.41, 5.74) is 6.08. The summed E-state index contributed by atoms with van der Waals surface area (Å²) in [4.78, 5) is 10.8. The first-order chi connectivity index (χ1) is 5.25. The zero-order valence-corrected chi connectivity index (χ0v) is 6.34. The molecule has 0 aliphatic heterocycles. The van der Waals surface area contributed by atoms with Crippen LogP contribution in [0.3, 0.4) is 0 Å². The van der Waals surface area contributed by atoms with Crippen LogP contribution in [0.4, 0.5) is 5.69 Å². The van der Waals surface area contributed by atoms with E-state index in [2.05, 4.69) is 4.29 Å². The molecular weight excluding hydrogens is 166 g/mol. The normalized spacial score (nSPS) is 9.18. The molecule has 1 rings (SSSR count). The first kappa shape index (κ1) is 7.88. The average molecular weight is 172 g/mol. The smallest absolute Gasteiger partial charge is 0.358 e. The maximum Gasteiger partial charge on any atom is 0.358 e. The predicted molar refractivity (Wildman–Crippen MR) is 42.1 cm³/mol. The Morgan fingerprint density at radius 2 is 2.09 bits per heavy atom. The van der Waals surface area contributed by atoms with Gasteiger partial charge in [0.2, 0.25) is 0 Å². The van der Waals surface area contributed by atoms with Gasteiger partial charge in [-0.05, 0) is 12.1 Å². The van der Waals surface area contributed by atoms with Crippen molar-refractivity contribution in [1.82, 2.24) is 0 Å². The van der Waals surface area contributed by atoms with Gasteiger partial charge in [0.15, 0.2) is 0 Å². The van der Waals surface area contributed by atoms with Crippen molar-refractivity contribution in [3.8, 4) is 0 Å². The van der Waals surface area contributed by atoms with Gasteiger partial charge in [0.1, 0.15) is 11.9 Å². The fraction of sp³-hybridized carbons (Fsp3) is 0. The van der Waals surface area contributed by atoms with E-state index >= 15 is 0 Å². The Labute approximate surface area is 68.9 Å². The maximum absolute atomic E-state index is 10.8. The Bertz CT molecular complexity index is 275. The van der Waals surface area contributed by atoms with E-state index in [0.717, 1.165) is 0 Å². The molecule has 0 saturated carbocycles. The molecule has 0 radical (unpaired) electrons. The number of carbonyl (C=O) groups is 1.